The number of rotatable bonds is 3. The van der Waals surface area contributed by atoms with Crippen molar-refractivity contribution < 1.29 is 9.59 Å². The Kier molecular flexibility index (Phi) is 5.25. The van der Waals surface area contributed by atoms with Gasteiger partial charge in [-0.3, -0.25) is 9.59 Å². The zero-order valence-electron chi connectivity index (χ0n) is 14.2. The summed E-state index contributed by atoms with van der Waals surface area (Å²) in [5, 5.41) is 0. The van der Waals surface area contributed by atoms with Crippen molar-refractivity contribution in [3.8, 4) is 0 Å². The van der Waals surface area contributed by atoms with E-state index in [1.165, 1.54) is 0 Å². The highest BCUT2D eigenvalue weighted by Gasteiger charge is 2.38. The van der Waals surface area contributed by atoms with Gasteiger partial charge < -0.3 is 14.7 Å². The van der Waals surface area contributed by atoms with Gasteiger partial charge in [0.2, 0.25) is 11.8 Å². The lowest BCUT2D eigenvalue weighted by molar-refractivity contribution is -0.137. The quantitative estimate of drug-likeness (QED) is 0.791. The van der Waals surface area contributed by atoms with Crippen LogP contribution in [0.1, 0.15) is 19.3 Å². The zero-order valence-corrected chi connectivity index (χ0v) is 15.8. The number of carbonyl (C=O) groups excluding carboxylic acids is 2. The number of amides is 2. The molecule has 2 aliphatic rings. The second-order valence-corrected chi connectivity index (χ2v) is 7.82. The van der Waals surface area contributed by atoms with Crippen LogP contribution < -0.4 is 4.90 Å². The van der Waals surface area contributed by atoms with E-state index >= 15 is 0 Å². The van der Waals surface area contributed by atoms with Gasteiger partial charge in [0.15, 0.2) is 0 Å². The second-order valence-electron chi connectivity index (χ2n) is 6.91. The first-order valence-corrected chi connectivity index (χ1v) is 9.26. The summed E-state index contributed by atoms with van der Waals surface area (Å²) in [6.45, 7) is 2.08. The van der Waals surface area contributed by atoms with Crippen LogP contribution >= 0.6 is 15.9 Å². The van der Waals surface area contributed by atoms with Crippen LogP contribution in [0.15, 0.2) is 28.7 Å². The molecule has 3 rings (SSSR count). The number of hydrogen-bond donors (Lipinski definition) is 0. The molecule has 0 bridgehead atoms. The molecule has 1 aromatic rings. The van der Waals surface area contributed by atoms with Crippen molar-refractivity contribution >= 4 is 33.4 Å². The average molecular weight is 394 g/mol. The van der Waals surface area contributed by atoms with Gasteiger partial charge in [-0.15, -0.1) is 0 Å². The highest BCUT2D eigenvalue weighted by Crippen LogP contribution is 2.29. The molecule has 130 valence electrons. The number of nitrogens with zero attached hydrogens (tertiary/aromatic N) is 3. The first-order valence-electron chi connectivity index (χ1n) is 8.47. The Balaban J connectivity index is 1.62. The molecule has 0 spiro atoms. The number of carbonyl (C=O) groups is 2. The van der Waals surface area contributed by atoms with Gasteiger partial charge in [0, 0.05) is 42.3 Å². The third kappa shape index (κ3) is 3.64. The van der Waals surface area contributed by atoms with Gasteiger partial charge in [0.25, 0.3) is 0 Å². The normalized spacial score (nSPS) is 22.5. The number of hydrogen-bond acceptors (Lipinski definition) is 3. The van der Waals surface area contributed by atoms with E-state index in [4.69, 9.17) is 0 Å². The molecule has 1 aromatic carbocycles. The van der Waals surface area contributed by atoms with Gasteiger partial charge in [0.05, 0.1) is 5.92 Å². The lowest BCUT2D eigenvalue weighted by Gasteiger charge is -2.36. The van der Waals surface area contributed by atoms with E-state index < -0.39 is 0 Å². The maximum atomic E-state index is 12.8. The van der Waals surface area contributed by atoms with Crippen LogP contribution in [-0.4, -0.2) is 61.4 Å². The lowest BCUT2D eigenvalue weighted by Crippen LogP contribution is -2.46. The molecule has 1 atom stereocenters. The van der Waals surface area contributed by atoms with Crippen molar-refractivity contribution in [2.75, 3.05) is 38.6 Å². The van der Waals surface area contributed by atoms with Gasteiger partial charge >= 0.3 is 0 Å². The topological polar surface area (TPSA) is 43.9 Å². The smallest absolute Gasteiger partial charge is 0.228 e. The number of benzene rings is 1. The lowest BCUT2D eigenvalue weighted by atomic mass is 10.0. The molecule has 2 heterocycles. The summed E-state index contributed by atoms with van der Waals surface area (Å²) in [6, 6.07) is 8.23. The van der Waals surface area contributed by atoms with Gasteiger partial charge in [-0.2, -0.15) is 0 Å². The molecule has 5 nitrogen and oxygen atoms in total. The molecular weight excluding hydrogens is 370 g/mol. The molecular formula is C18H24BrN3O2. The summed E-state index contributed by atoms with van der Waals surface area (Å²) in [4.78, 5) is 31.1. The maximum Gasteiger partial charge on any atom is 0.228 e. The highest BCUT2D eigenvalue weighted by atomic mass is 79.9. The molecule has 1 unspecified atom stereocenters. The van der Waals surface area contributed by atoms with E-state index in [0.717, 1.165) is 36.1 Å². The largest absolute Gasteiger partial charge is 0.342 e. The van der Waals surface area contributed by atoms with Crippen molar-refractivity contribution in [1.82, 2.24) is 9.80 Å². The van der Waals surface area contributed by atoms with Crippen molar-refractivity contribution in [2.24, 2.45) is 5.92 Å². The third-order valence-electron chi connectivity index (χ3n) is 5.10. The van der Waals surface area contributed by atoms with Crippen molar-refractivity contribution in [3.05, 3.63) is 28.7 Å². The van der Waals surface area contributed by atoms with Crippen LogP contribution in [0.5, 0.6) is 0 Å². The van der Waals surface area contributed by atoms with E-state index in [1.54, 1.807) is 4.90 Å². The van der Waals surface area contributed by atoms with E-state index in [-0.39, 0.29) is 17.7 Å². The van der Waals surface area contributed by atoms with E-state index in [1.807, 2.05) is 29.2 Å². The zero-order chi connectivity index (χ0) is 17.3. The Bertz CT molecular complexity index is 626. The Morgan fingerprint density at radius 3 is 2.58 bits per heavy atom. The number of likely N-dealkylation sites (tertiary alicyclic amines) is 1. The molecule has 24 heavy (non-hydrogen) atoms. The van der Waals surface area contributed by atoms with Crippen LogP contribution in [0.3, 0.4) is 0 Å². The van der Waals surface area contributed by atoms with Crippen molar-refractivity contribution in [1.29, 1.82) is 0 Å². The second kappa shape index (κ2) is 7.23. The number of anilines is 1. The van der Waals surface area contributed by atoms with Crippen LogP contribution in [0.2, 0.25) is 0 Å². The third-order valence-corrected chi connectivity index (χ3v) is 5.59. The molecule has 0 aromatic heterocycles. The molecule has 6 heteroatoms. The molecule has 0 aliphatic carbocycles. The van der Waals surface area contributed by atoms with Crippen molar-refractivity contribution in [3.63, 3.8) is 0 Å². The van der Waals surface area contributed by atoms with Gasteiger partial charge in [0.1, 0.15) is 0 Å². The van der Waals surface area contributed by atoms with Crippen LogP contribution in [0, 0.1) is 5.92 Å². The SMILES string of the molecule is CN(C)C1CCN(C(=O)C2CC(=O)N(c3cccc(Br)c3)C2)CC1. The Hall–Kier alpha value is -1.40. The molecule has 2 aliphatic heterocycles. The standard InChI is InChI=1S/C18H24BrN3O2/c1-20(2)15-6-8-21(9-7-15)18(24)13-10-17(23)22(12-13)16-5-3-4-14(19)11-16/h3-5,11,13,15H,6-10,12H2,1-2H3. The molecule has 2 saturated heterocycles. The average Bonchev–Trinajstić information content (AvgIpc) is 2.96. The minimum Gasteiger partial charge on any atom is -0.342 e. The van der Waals surface area contributed by atoms with E-state index in [0.29, 0.717) is 19.0 Å². The fraction of sp³-hybridized carbons (Fsp3) is 0.556. The predicted octanol–water partition coefficient (Wildman–Crippen LogP) is 2.35. The summed E-state index contributed by atoms with van der Waals surface area (Å²) in [6.07, 6.45) is 2.34. The Morgan fingerprint density at radius 2 is 1.96 bits per heavy atom. The van der Waals surface area contributed by atoms with Gasteiger partial charge in [-0.1, -0.05) is 22.0 Å². The minimum absolute atomic E-state index is 0.0367. The van der Waals surface area contributed by atoms with Crippen LogP contribution in [0.4, 0.5) is 5.69 Å². The summed E-state index contributed by atoms with van der Waals surface area (Å²) >= 11 is 3.44. The number of halogens is 1. The molecule has 0 saturated carbocycles. The summed E-state index contributed by atoms with van der Waals surface area (Å²) in [5.74, 6) is -0.0416. The fourth-order valence-corrected chi connectivity index (χ4v) is 4.01. The highest BCUT2D eigenvalue weighted by molar-refractivity contribution is 9.10. The first-order chi connectivity index (χ1) is 11.5. The summed E-state index contributed by atoms with van der Waals surface area (Å²) in [7, 11) is 4.18. The number of piperidine rings is 1. The molecule has 2 fully saturated rings. The Labute approximate surface area is 151 Å². The molecule has 2 amide bonds. The minimum atomic E-state index is -0.215. The van der Waals surface area contributed by atoms with Crippen LogP contribution in [0.25, 0.3) is 0 Å². The van der Waals surface area contributed by atoms with E-state index in [9.17, 15) is 9.59 Å². The fourth-order valence-electron chi connectivity index (χ4n) is 3.63. The Morgan fingerprint density at radius 1 is 1.25 bits per heavy atom. The summed E-state index contributed by atoms with van der Waals surface area (Å²) < 4.78 is 0.938. The predicted molar refractivity (Wildman–Crippen MR) is 97.9 cm³/mol. The van der Waals surface area contributed by atoms with Crippen LogP contribution in [-0.2, 0) is 9.59 Å². The monoisotopic (exact) mass is 393 g/mol. The molecule has 0 radical (unpaired) electrons. The van der Waals surface area contributed by atoms with Gasteiger partial charge in [-0.25, -0.2) is 0 Å². The maximum absolute atomic E-state index is 12.8. The summed E-state index contributed by atoms with van der Waals surface area (Å²) in [5.41, 5.74) is 0.857. The van der Waals surface area contributed by atoms with Crippen molar-refractivity contribution in [2.45, 2.75) is 25.3 Å². The van der Waals surface area contributed by atoms with Gasteiger partial charge in [-0.05, 0) is 45.1 Å². The molecule has 0 N–H and O–H groups in total. The van der Waals surface area contributed by atoms with E-state index in [2.05, 4.69) is 34.9 Å². The first kappa shape index (κ1) is 17.4.